The number of hydrogen-bond acceptors (Lipinski definition) is 5. The second kappa shape index (κ2) is 5.20. The SMILES string of the molecule is COc1cncc(N2CCC(C)CC2C(=O)O)n1. The predicted molar refractivity (Wildman–Crippen MR) is 65.8 cm³/mol. The van der Waals surface area contributed by atoms with Gasteiger partial charge in [0, 0.05) is 6.54 Å². The van der Waals surface area contributed by atoms with Crippen LogP contribution in [-0.2, 0) is 4.79 Å². The number of aliphatic carboxylic acids is 1. The first-order valence-electron chi connectivity index (χ1n) is 5.97. The lowest BCUT2D eigenvalue weighted by atomic mass is 9.92. The molecule has 1 fully saturated rings. The molecule has 2 heterocycles. The van der Waals surface area contributed by atoms with Crippen molar-refractivity contribution < 1.29 is 14.6 Å². The Morgan fingerprint density at radius 3 is 3.00 bits per heavy atom. The summed E-state index contributed by atoms with van der Waals surface area (Å²) < 4.78 is 5.01. The van der Waals surface area contributed by atoms with Crippen molar-refractivity contribution in [3.8, 4) is 5.88 Å². The van der Waals surface area contributed by atoms with Gasteiger partial charge < -0.3 is 14.7 Å². The summed E-state index contributed by atoms with van der Waals surface area (Å²) in [5, 5.41) is 9.29. The number of methoxy groups -OCH3 is 1. The minimum Gasteiger partial charge on any atom is -0.480 e. The molecule has 1 aliphatic rings. The maximum atomic E-state index is 11.3. The number of rotatable bonds is 3. The summed E-state index contributed by atoms with van der Waals surface area (Å²) in [7, 11) is 1.51. The van der Waals surface area contributed by atoms with Crippen LogP contribution >= 0.6 is 0 Å². The van der Waals surface area contributed by atoms with Gasteiger partial charge in [-0.15, -0.1) is 0 Å². The Morgan fingerprint density at radius 1 is 1.56 bits per heavy atom. The monoisotopic (exact) mass is 251 g/mol. The Hall–Kier alpha value is -1.85. The zero-order chi connectivity index (χ0) is 13.1. The fraction of sp³-hybridized carbons (Fsp3) is 0.583. The molecule has 0 bridgehead atoms. The van der Waals surface area contributed by atoms with Crippen molar-refractivity contribution in [3.05, 3.63) is 12.4 Å². The molecule has 18 heavy (non-hydrogen) atoms. The molecule has 2 rings (SSSR count). The first-order valence-corrected chi connectivity index (χ1v) is 5.97. The molecule has 6 nitrogen and oxygen atoms in total. The molecule has 2 atom stereocenters. The fourth-order valence-corrected chi connectivity index (χ4v) is 2.22. The van der Waals surface area contributed by atoms with E-state index in [9.17, 15) is 9.90 Å². The van der Waals surface area contributed by atoms with E-state index in [-0.39, 0.29) is 0 Å². The van der Waals surface area contributed by atoms with Crippen LogP contribution in [0.4, 0.5) is 5.82 Å². The van der Waals surface area contributed by atoms with Crippen LogP contribution in [0.5, 0.6) is 5.88 Å². The van der Waals surface area contributed by atoms with Crippen LogP contribution in [0.25, 0.3) is 0 Å². The van der Waals surface area contributed by atoms with Gasteiger partial charge in [0.05, 0.1) is 19.5 Å². The highest BCUT2D eigenvalue weighted by Crippen LogP contribution is 2.27. The third-order valence-electron chi connectivity index (χ3n) is 3.25. The first-order chi connectivity index (χ1) is 8.61. The van der Waals surface area contributed by atoms with Crippen LogP contribution in [0.15, 0.2) is 12.4 Å². The van der Waals surface area contributed by atoms with E-state index in [1.165, 1.54) is 13.3 Å². The minimum absolute atomic E-state index is 0.398. The van der Waals surface area contributed by atoms with Crippen molar-refractivity contribution in [1.82, 2.24) is 9.97 Å². The summed E-state index contributed by atoms with van der Waals surface area (Å²) in [5.74, 6) is 0.566. The zero-order valence-corrected chi connectivity index (χ0v) is 10.5. The van der Waals surface area contributed by atoms with Gasteiger partial charge in [-0.3, -0.25) is 4.98 Å². The standard InChI is InChI=1S/C12H17N3O3/c1-8-3-4-15(9(5-8)12(16)17)10-6-13-7-11(14-10)18-2/h6-9H,3-5H2,1-2H3,(H,16,17). The van der Waals surface area contributed by atoms with Crippen molar-refractivity contribution >= 4 is 11.8 Å². The number of piperidine rings is 1. The van der Waals surface area contributed by atoms with Crippen molar-refractivity contribution in [2.24, 2.45) is 5.92 Å². The van der Waals surface area contributed by atoms with Gasteiger partial charge in [-0.05, 0) is 18.8 Å². The van der Waals surface area contributed by atoms with E-state index in [0.717, 1.165) is 6.42 Å². The Balaban J connectivity index is 2.26. The van der Waals surface area contributed by atoms with Crippen molar-refractivity contribution in [2.75, 3.05) is 18.6 Å². The van der Waals surface area contributed by atoms with E-state index < -0.39 is 12.0 Å². The number of aromatic nitrogens is 2. The fourth-order valence-electron chi connectivity index (χ4n) is 2.22. The Morgan fingerprint density at radius 2 is 2.33 bits per heavy atom. The van der Waals surface area contributed by atoms with Crippen molar-refractivity contribution in [1.29, 1.82) is 0 Å². The molecule has 1 aromatic rings. The molecular weight excluding hydrogens is 234 g/mol. The van der Waals surface area contributed by atoms with Gasteiger partial charge in [0.15, 0.2) is 5.82 Å². The van der Waals surface area contributed by atoms with Gasteiger partial charge in [0.25, 0.3) is 0 Å². The van der Waals surface area contributed by atoms with Crippen LogP contribution in [-0.4, -0.2) is 40.7 Å². The zero-order valence-electron chi connectivity index (χ0n) is 10.5. The molecule has 98 valence electrons. The average Bonchev–Trinajstić information content (AvgIpc) is 2.38. The number of hydrogen-bond donors (Lipinski definition) is 1. The Labute approximate surface area is 106 Å². The van der Waals surface area contributed by atoms with E-state index in [1.54, 1.807) is 11.1 Å². The number of ether oxygens (including phenoxy) is 1. The van der Waals surface area contributed by atoms with Crippen LogP contribution in [0, 0.1) is 5.92 Å². The van der Waals surface area contributed by atoms with Crippen molar-refractivity contribution in [3.63, 3.8) is 0 Å². The largest absolute Gasteiger partial charge is 0.480 e. The number of carbonyl (C=O) groups is 1. The average molecular weight is 251 g/mol. The second-order valence-corrected chi connectivity index (χ2v) is 4.60. The maximum Gasteiger partial charge on any atom is 0.326 e. The van der Waals surface area contributed by atoms with Crippen LogP contribution in [0.1, 0.15) is 19.8 Å². The lowest BCUT2D eigenvalue weighted by Gasteiger charge is -2.36. The summed E-state index contributed by atoms with van der Waals surface area (Å²) in [4.78, 5) is 21.4. The first kappa shape index (κ1) is 12.6. The van der Waals surface area contributed by atoms with Gasteiger partial charge in [-0.25, -0.2) is 4.79 Å². The van der Waals surface area contributed by atoms with Gasteiger partial charge in [-0.1, -0.05) is 6.92 Å². The lowest BCUT2D eigenvalue weighted by molar-refractivity contribution is -0.139. The molecule has 0 amide bonds. The van der Waals surface area contributed by atoms with Gasteiger partial charge in [0.2, 0.25) is 5.88 Å². The van der Waals surface area contributed by atoms with Gasteiger partial charge in [0.1, 0.15) is 6.04 Å². The highest BCUT2D eigenvalue weighted by molar-refractivity contribution is 5.78. The van der Waals surface area contributed by atoms with Gasteiger partial charge >= 0.3 is 5.97 Å². The highest BCUT2D eigenvalue weighted by Gasteiger charge is 2.32. The molecule has 0 saturated carbocycles. The van der Waals surface area contributed by atoms with Crippen LogP contribution in [0.2, 0.25) is 0 Å². The van der Waals surface area contributed by atoms with Crippen molar-refractivity contribution in [2.45, 2.75) is 25.8 Å². The minimum atomic E-state index is -0.814. The molecule has 0 aromatic carbocycles. The second-order valence-electron chi connectivity index (χ2n) is 4.60. The number of carboxylic acids is 1. The summed E-state index contributed by atoms with van der Waals surface area (Å²) in [5.41, 5.74) is 0. The number of anilines is 1. The summed E-state index contributed by atoms with van der Waals surface area (Å²) in [6.45, 7) is 2.75. The summed E-state index contributed by atoms with van der Waals surface area (Å²) in [6, 6.07) is -0.532. The summed E-state index contributed by atoms with van der Waals surface area (Å²) in [6.07, 6.45) is 4.68. The number of nitrogens with zero attached hydrogens (tertiary/aromatic N) is 3. The molecule has 6 heteroatoms. The highest BCUT2D eigenvalue weighted by atomic mass is 16.5. The summed E-state index contributed by atoms with van der Waals surface area (Å²) >= 11 is 0. The maximum absolute atomic E-state index is 11.3. The van der Waals surface area contributed by atoms with Gasteiger partial charge in [-0.2, -0.15) is 4.98 Å². The molecule has 1 N–H and O–H groups in total. The molecule has 1 aromatic heterocycles. The van der Waals surface area contributed by atoms with E-state index in [4.69, 9.17) is 4.74 Å². The third kappa shape index (κ3) is 2.52. The molecular formula is C12H17N3O3. The Bertz CT molecular complexity index is 438. The van der Waals surface area contributed by atoms with Crippen LogP contribution < -0.4 is 9.64 Å². The lowest BCUT2D eigenvalue weighted by Crippen LogP contribution is -2.47. The molecule has 1 saturated heterocycles. The third-order valence-corrected chi connectivity index (χ3v) is 3.25. The molecule has 0 spiro atoms. The molecule has 1 aliphatic heterocycles. The molecule has 0 aliphatic carbocycles. The normalized spacial score (nSPS) is 23.8. The van der Waals surface area contributed by atoms with E-state index in [1.807, 2.05) is 0 Å². The van der Waals surface area contributed by atoms with E-state index in [2.05, 4.69) is 16.9 Å². The van der Waals surface area contributed by atoms with E-state index in [0.29, 0.717) is 30.6 Å². The smallest absolute Gasteiger partial charge is 0.326 e. The van der Waals surface area contributed by atoms with Crippen LogP contribution in [0.3, 0.4) is 0 Å². The van der Waals surface area contributed by atoms with E-state index >= 15 is 0 Å². The molecule has 2 unspecified atom stereocenters. The quantitative estimate of drug-likeness (QED) is 0.869. The Kier molecular flexibility index (Phi) is 3.64. The number of carboxylic acid groups (broad SMARTS) is 1. The topological polar surface area (TPSA) is 75.5 Å². The molecule has 0 radical (unpaired) electrons. The predicted octanol–water partition coefficient (Wildman–Crippen LogP) is 1.17.